The molecule has 2 heterocycles. The summed E-state index contributed by atoms with van der Waals surface area (Å²) in [6.45, 7) is 1.36. The van der Waals surface area contributed by atoms with Crippen LogP contribution in [0, 0.1) is 0 Å². The Hall–Kier alpha value is -2.35. The Morgan fingerprint density at radius 1 is 1.09 bits per heavy atom. The predicted octanol–water partition coefficient (Wildman–Crippen LogP) is 2.39. The normalized spacial score (nSPS) is 15.5. The molecule has 1 aromatic carbocycles. The monoisotopic (exact) mass is 309 g/mol. The molecule has 0 amide bonds. The van der Waals surface area contributed by atoms with Crippen molar-refractivity contribution in [2.45, 2.75) is 12.2 Å². The number of aromatic nitrogens is 2. The molecule has 0 aliphatic carbocycles. The average molecular weight is 309 g/mol. The molecule has 0 radical (unpaired) electrons. The number of alkyl halides is 3. The molecule has 5 nitrogen and oxygen atoms in total. The Bertz CT molecular complexity index is 650. The van der Waals surface area contributed by atoms with Crippen LogP contribution in [0.5, 0.6) is 0 Å². The van der Waals surface area contributed by atoms with Gasteiger partial charge < -0.3 is 16.0 Å². The third-order valence-electron chi connectivity index (χ3n) is 3.36. The summed E-state index contributed by atoms with van der Waals surface area (Å²) in [5.74, 6) is 1.14. The first-order chi connectivity index (χ1) is 10.4. The molecule has 0 unspecified atom stereocenters. The van der Waals surface area contributed by atoms with E-state index in [0.717, 1.165) is 12.1 Å². The molecule has 1 aliphatic rings. The Kier molecular flexibility index (Phi) is 3.61. The maximum Gasteiger partial charge on any atom is 0.416 e. The van der Waals surface area contributed by atoms with Crippen molar-refractivity contribution in [1.82, 2.24) is 9.97 Å². The Morgan fingerprint density at radius 2 is 1.73 bits per heavy atom. The molecule has 3 rings (SSSR count). The van der Waals surface area contributed by atoms with Gasteiger partial charge in [0.15, 0.2) is 11.6 Å². The fourth-order valence-electron chi connectivity index (χ4n) is 2.22. The zero-order valence-electron chi connectivity index (χ0n) is 11.5. The second kappa shape index (κ2) is 5.45. The SMILES string of the molecule is NC1CN(c2nccnc2Nc2ccc(C(F)(F)F)cc2)C1. The van der Waals surface area contributed by atoms with E-state index in [4.69, 9.17) is 5.73 Å². The minimum atomic E-state index is -4.34. The van der Waals surface area contributed by atoms with Crippen molar-refractivity contribution in [1.29, 1.82) is 0 Å². The van der Waals surface area contributed by atoms with Gasteiger partial charge in [0, 0.05) is 37.2 Å². The molecular formula is C14H14F3N5. The maximum absolute atomic E-state index is 12.5. The molecule has 116 valence electrons. The molecule has 0 spiro atoms. The van der Waals surface area contributed by atoms with Crippen LogP contribution in [0.4, 0.5) is 30.5 Å². The van der Waals surface area contributed by atoms with Crippen molar-refractivity contribution in [3.8, 4) is 0 Å². The van der Waals surface area contributed by atoms with Crippen LogP contribution in [0.15, 0.2) is 36.7 Å². The number of hydrogen-bond donors (Lipinski definition) is 2. The van der Waals surface area contributed by atoms with E-state index in [1.165, 1.54) is 18.3 Å². The fraction of sp³-hybridized carbons (Fsp3) is 0.286. The molecular weight excluding hydrogens is 295 g/mol. The van der Waals surface area contributed by atoms with E-state index in [-0.39, 0.29) is 6.04 Å². The average Bonchev–Trinajstić information content (AvgIpc) is 2.44. The lowest BCUT2D eigenvalue weighted by Gasteiger charge is -2.38. The molecule has 1 fully saturated rings. The highest BCUT2D eigenvalue weighted by molar-refractivity contribution is 5.69. The van der Waals surface area contributed by atoms with Crippen molar-refractivity contribution < 1.29 is 13.2 Å². The van der Waals surface area contributed by atoms with Crippen molar-refractivity contribution in [3.63, 3.8) is 0 Å². The van der Waals surface area contributed by atoms with Gasteiger partial charge >= 0.3 is 6.18 Å². The van der Waals surface area contributed by atoms with Crippen LogP contribution < -0.4 is 16.0 Å². The molecule has 1 aliphatic heterocycles. The molecule has 0 atom stereocenters. The largest absolute Gasteiger partial charge is 0.416 e. The first kappa shape index (κ1) is 14.6. The van der Waals surface area contributed by atoms with E-state index in [9.17, 15) is 13.2 Å². The van der Waals surface area contributed by atoms with E-state index in [1.807, 2.05) is 4.90 Å². The summed E-state index contributed by atoms with van der Waals surface area (Å²) in [6.07, 6.45) is -1.25. The van der Waals surface area contributed by atoms with E-state index < -0.39 is 11.7 Å². The highest BCUT2D eigenvalue weighted by Crippen LogP contribution is 2.31. The molecule has 3 N–H and O–H groups in total. The summed E-state index contributed by atoms with van der Waals surface area (Å²) in [4.78, 5) is 10.4. The fourth-order valence-corrected chi connectivity index (χ4v) is 2.22. The first-order valence-electron chi connectivity index (χ1n) is 6.69. The molecule has 2 aromatic rings. The van der Waals surface area contributed by atoms with Gasteiger partial charge in [-0.25, -0.2) is 9.97 Å². The minimum absolute atomic E-state index is 0.112. The first-order valence-corrected chi connectivity index (χ1v) is 6.69. The van der Waals surface area contributed by atoms with Gasteiger partial charge in [-0.3, -0.25) is 0 Å². The number of nitrogens with one attached hydrogen (secondary N) is 1. The number of benzene rings is 1. The van der Waals surface area contributed by atoms with Crippen LogP contribution in [0.1, 0.15) is 5.56 Å². The van der Waals surface area contributed by atoms with Crippen molar-refractivity contribution in [2.24, 2.45) is 5.73 Å². The van der Waals surface area contributed by atoms with Crippen LogP contribution in [0.2, 0.25) is 0 Å². The van der Waals surface area contributed by atoms with E-state index in [1.54, 1.807) is 6.20 Å². The van der Waals surface area contributed by atoms with Gasteiger partial charge in [0.2, 0.25) is 0 Å². The van der Waals surface area contributed by atoms with E-state index in [0.29, 0.717) is 30.4 Å². The zero-order chi connectivity index (χ0) is 15.7. The third-order valence-corrected chi connectivity index (χ3v) is 3.36. The second-order valence-corrected chi connectivity index (χ2v) is 5.09. The van der Waals surface area contributed by atoms with Crippen LogP contribution >= 0.6 is 0 Å². The highest BCUT2D eigenvalue weighted by Gasteiger charge is 2.30. The quantitative estimate of drug-likeness (QED) is 0.911. The minimum Gasteiger partial charge on any atom is -0.350 e. The Morgan fingerprint density at radius 3 is 2.32 bits per heavy atom. The Balaban J connectivity index is 1.79. The van der Waals surface area contributed by atoms with Crippen LogP contribution in [0.3, 0.4) is 0 Å². The van der Waals surface area contributed by atoms with Gasteiger partial charge in [0.05, 0.1) is 5.56 Å². The standard InChI is InChI=1S/C14H14F3N5/c15-14(16,17)9-1-3-11(4-2-9)21-12-13(20-6-5-19-12)22-7-10(18)8-22/h1-6,10H,7-8,18H2,(H,19,21). The van der Waals surface area contributed by atoms with Gasteiger partial charge in [0.25, 0.3) is 0 Å². The van der Waals surface area contributed by atoms with Crippen LogP contribution in [-0.4, -0.2) is 29.1 Å². The van der Waals surface area contributed by atoms with Gasteiger partial charge in [-0.2, -0.15) is 13.2 Å². The number of hydrogen-bond acceptors (Lipinski definition) is 5. The summed E-state index contributed by atoms with van der Waals surface area (Å²) >= 11 is 0. The van der Waals surface area contributed by atoms with E-state index >= 15 is 0 Å². The molecule has 0 saturated carbocycles. The summed E-state index contributed by atoms with van der Waals surface area (Å²) in [5, 5.41) is 2.99. The van der Waals surface area contributed by atoms with Crippen molar-refractivity contribution in [3.05, 3.63) is 42.2 Å². The number of nitrogens with zero attached hydrogens (tertiary/aromatic N) is 3. The Labute approximate surface area is 125 Å². The maximum atomic E-state index is 12.5. The molecule has 1 aromatic heterocycles. The van der Waals surface area contributed by atoms with Crippen molar-refractivity contribution >= 4 is 17.3 Å². The lowest BCUT2D eigenvalue weighted by molar-refractivity contribution is -0.137. The second-order valence-electron chi connectivity index (χ2n) is 5.09. The highest BCUT2D eigenvalue weighted by atomic mass is 19.4. The lowest BCUT2D eigenvalue weighted by atomic mass is 10.1. The van der Waals surface area contributed by atoms with Crippen LogP contribution in [-0.2, 0) is 6.18 Å². The smallest absolute Gasteiger partial charge is 0.350 e. The van der Waals surface area contributed by atoms with E-state index in [2.05, 4.69) is 15.3 Å². The lowest BCUT2D eigenvalue weighted by Crippen LogP contribution is -2.56. The van der Waals surface area contributed by atoms with Gasteiger partial charge in [-0.15, -0.1) is 0 Å². The number of halogens is 3. The third kappa shape index (κ3) is 2.96. The van der Waals surface area contributed by atoms with Gasteiger partial charge in [0.1, 0.15) is 0 Å². The summed E-state index contributed by atoms with van der Waals surface area (Å²) in [6, 6.07) is 4.89. The summed E-state index contributed by atoms with van der Waals surface area (Å²) in [5.41, 5.74) is 5.57. The van der Waals surface area contributed by atoms with Gasteiger partial charge in [-0.05, 0) is 24.3 Å². The zero-order valence-corrected chi connectivity index (χ0v) is 11.5. The van der Waals surface area contributed by atoms with Gasteiger partial charge in [-0.1, -0.05) is 0 Å². The molecule has 8 heteroatoms. The van der Waals surface area contributed by atoms with Crippen LogP contribution in [0.25, 0.3) is 0 Å². The number of rotatable bonds is 3. The molecule has 22 heavy (non-hydrogen) atoms. The predicted molar refractivity (Wildman–Crippen MR) is 76.9 cm³/mol. The molecule has 0 bridgehead atoms. The van der Waals surface area contributed by atoms with Crippen molar-refractivity contribution in [2.75, 3.05) is 23.3 Å². The topological polar surface area (TPSA) is 67.1 Å². The summed E-state index contributed by atoms with van der Waals surface area (Å²) in [7, 11) is 0. The number of anilines is 3. The number of nitrogens with two attached hydrogens (primary N) is 1. The summed E-state index contributed by atoms with van der Waals surface area (Å²) < 4.78 is 37.6. The molecule has 1 saturated heterocycles.